The first-order valence-electron chi connectivity index (χ1n) is 5.93. The molecule has 1 heterocycles. The van der Waals surface area contributed by atoms with Gasteiger partial charge in [-0.2, -0.15) is 5.10 Å². The van der Waals surface area contributed by atoms with Crippen molar-refractivity contribution >= 4 is 0 Å². The van der Waals surface area contributed by atoms with E-state index in [0.29, 0.717) is 18.6 Å². The van der Waals surface area contributed by atoms with Gasteiger partial charge in [0.25, 0.3) is 0 Å². The van der Waals surface area contributed by atoms with E-state index < -0.39 is 0 Å². The lowest BCUT2D eigenvalue weighted by Gasteiger charge is -2.29. The number of rotatable bonds is 5. The van der Waals surface area contributed by atoms with E-state index in [9.17, 15) is 0 Å². The third kappa shape index (κ3) is 2.83. The van der Waals surface area contributed by atoms with E-state index in [0.717, 1.165) is 0 Å². The summed E-state index contributed by atoms with van der Waals surface area (Å²) in [7, 11) is 2.11. The molecule has 0 saturated heterocycles. The van der Waals surface area contributed by atoms with Crippen LogP contribution in [0.3, 0.4) is 0 Å². The third-order valence-corrected chi connectivity index (χ3v) is 3.06. The average molecular weight is 224 g/mol. The molecule has 0 saturated carbocycles. The third-order valence-electron chi connectivity index (χ3n) is 3.06. The Labute approximate surface area is 98.4 Å². The van der Waals surface area contributed by atoms with Crippen molar-refractivity contribution in [3.63, 3.8) is 0 Å². The van der Waals surface area contributed by atoms with Crippen LogP contribution in [-0.4, -0.2) is 34.3 Å². The van der Waals surface area contributed by atoms with Gasteiger partial charge >= 0.3 is 0 Å². The van der Waals surface area contributed by atoms with Crippen molar-refractivity contribution in [3.05, 3.63) is 18.0 Å². The Morgan fingerprint density at radius 3 is 2.38 bits per heavy atom. The van der Waals surface area contributed by atoms with Crippen LogP contribution in [0.25, 0.3) is 0 Å². The number of aromatic nitrogens is 2. The molecule has 0 aliphatic rings. The zero-order valence-corrected chi connectivity index (χ0v) is 11.0. The maximum absolute atomic E-state index is 5.85. The average Bonchev–Trinajstić information content (AvgIpc) is 2.68. The van der Waals surface area contributed by atoms with Crippen molar-refractivity contribution in [2.24, 2.45) is 5.73 Å². The molecule has 2 N–H and O–H groups in total. The summed E-state index contributed by atoms with van der Waals surface area (Å²) in [6.45, 7) is 9.23. The van der Waals surface area contributed by atoms with Gasteiger partial charge in [-0.25, -0.2) is 0 Å². The summed E-state index contributed by atoms with van der Waals surface area (Å²) in [5.41, 5.74) is 7.05. The van der Waals surface area contributed by atoms with E-state index in [2.05, 4.69) is 50.9 Å². The monoisotopic (exact) mass is 224 g/mol. The molecular weight excluding hydrogens is 200 g/mol. The topological polar surface area (TPSA) is 47.1 Å². The zero-order chi connectivity index (χ0) is 12.3. The number of likely N-dealkylation sites (N-methyl/N-ethyl adjacent to an activating group) is 1. The Kier molecular flexibility index (Phi) is 4.50. The summed E-state index contributed by atoms with van der Waals surface area (Å²) in [5.74, 6) is 0. The van der Waals surface area contributed by atoms with E-state index in [1.165, 1.54) is 5.56 Å². The molecule has 4 nitrogen and oxygen atoms in total. The second kappa shape index (κ2) is 5.46. The molecule has 92 valence electrons. The molecule has 0 aliphatic carbocycles. The van der Waals surface area contributed by atoms with Crippen molar-refractivity contribution in [2.75, 3.05) is 13.6 Å². The van der Waals surface area contributed by atoms with Crippen LogP contribution in [0.2, 0.25) is 0 Å². The zero-order valence-electron chi connectivity index (χ0n) is 11.0. The van der Waals surface area contributed by atoms with E-state index in [4.69, 9.17) is 5.73 Å². The van der Waals surface area contributed by atoms with Crippen LogP contribution in [0.15, 0.2) is 12.4 Å². The molecule has 1 unspecified atom stereocenters. The first-order valence-corrected chi connectivity index (χ1v) is 5.93. The van der Waals surface area contributed by atoms with Gasteiger partial charge in [-0.3, -0.25) is 9.58 Å². The highest BCUT2D eigenvalue weighted by molar-refractivity contribution is 5.11. The highest BCUT2D eigenvalue weighted by Crippen LogP contribution is 2.20. The fourth-order valence-corrected chi connectivity index (χ4v) is 1.70. The van der Waals surface area contributed by atoms with E-state index in [1.54, 1.807) is 0 Å². The van der Waals surface area contributed by atoms with Crippen LogP contribution in [0.5, 0.6) is 0 Å². The maximum Gasteiger partial charge on any atom is 0.0538 e. The molecule has 16 heavy (non-hydrogen) atoms. The van der Waals surface area contributed by atoms with Crippen molar-refractivity contribution in [2.45, 2.75) is 45.8 Å². The summed E-state index contributed by atoms with van der Waals surface area (Å²) in [6.07, 6.45) is 4.03. The fraction of sp³-hybridized carbons (Fsp3) is 0.750. The minimum atomic E-state index is 0.257. The highest BCUT2D eigenvalue weighted by atomic mass is 15.3. The molecule has 0 spiro atoms. The first-order chi connectivity index (χ1) is 7.47. The summed E-state index contributed by atoms with van der Waals surface area (Å²) < 4.78 is 1.98. The minimum absolute atomic E-state index is 0.257. The summed E-state index contributed by atoms with van der Waals surface area (Å²) >= 11 is 0. The Bertz CT molecular complexity index is 317. The van der Waals surface area contributed by atoms with Gasteiger partial charge in [-0.15, -0.1) is 0 Å². The molecule has 0 amide bonds. The van der Waals surface area contributed by atoms with Crippen LogP contribution in [0, 0.1) is 0 Å². The summed E-state index contributed by atoms with van der Waals surface area (Å²) in [5, 5.41) is 4.36. The molecule has 0 bridgehead atoms. The van der Waals surface area contributed by atoms with Gasteiger partial charge in [0.1, 0.15) is 0 Å². The highest BCUT2D eigenvalue weighted by Gasteiger charge is 2.19. The van der Waals surface area contributed by atoms with E-state index in [1.807, 2.05) is 10.9 Å². The lowest BCUT2D eigenvalue weighted by molar-refractivity contribution is 0.201. The van der Waals surface area contributed by atoms with Gasteiger partial charge in [0.05, 0.1) is 12.2 Å². The lowest BCUT2D eigenvalue weighted by atomic mass is 10.1. The van der Waals surface area contributed by atoms with Crippen molar-refractivity contribution < 1.29 is 0 Å². The van der Waals surface area contributed by atoms with Crippen LogP contribution >= 0.6 is 0 Å². The van der Waals surface area contributed by atoms with Crippen LogP contribution in [-0.2, 0) is 0 Å². The molecule has 0 aromatic carbocycles. The molecule has 1 rings (SSSR count). The Morgan fingerprint density at radius 1 is 1.38 bits per heavy atom. The van der Waals surface area contributed by atoms with Gasteiger partial charge < -0.3 is 5.73 Å². The molecule has 0 fully saturated rings. The summed E-state index contributed by atoms with van der Waals surface area (Å²) in [4.78, 5) is 2.28. The maximum atomic E-state index is 5.85. The van der Waals surface area contributed by atoms with Gasteiger partial charge in [0.2, 0.25) is 0 Å². The van der Waals surface area contributed by atoms with Crippen LogP contribution in [0.1, 0.15) is 45.3 Å². The van der Waals surface area contributed by atoms with Crippen LogP contribution in [0.4, 0.5) is 0 Å². The molecular formula is C12H24N4. The minimum Gasteiger partial charge on any atom is -0.329 e. The Balaban J connectivity index is 2.86. The number of nitrogens with two attached hydrogens (primary N) is 1. The molecule has 1 aromatic heterocycles. The molecule has 1 atom stereocenters. The largest absolute Gasteiger partial charge is 0.329 e. The van der Waals surface area contributed by atoms with Gasteiger partial charge in [-0.1, -0.05) is 0 Å². The predicted molar refractivity (Wildman–Crippen MR) is 67.3 cm³/mol. The quantitative estimate of drug-likeness (QED) is 0.829. The SMILES string of the molecule is CC(C)N(C)C(CN)c1cnn(C(C)C)c1. The summed E-state index contributed by atoms with van der Waals surface area (Å²) in [6, 6.07) is 1.14. The van der Waals surface area contributed by atoms with Gasteiger partial charge in [0.15, 0.2) is 0 Å². The predicted octanol–water partition coefficient (Wildman–Crippen LogP) is 1.80. The van der Waals surface area contributed by atoms with Crippen molar-refractivity contribution in [3.8, 4) is 0 Å². The van der Waals surface area contributed by atoms with Crippen LogP contribution < -0.4 is 5.73 Å². The normalized spacial score (nSPS) is 14.1. The molecule has 4 heteroatoms. The second-order valence-corrected chi connectivity index (χ2v) is 4.86. The lowest BCUT2D eigenvalue weighted by Crippen LogP contribution is -2.35. The number of hydrogen-bond acceptors (Lipinski definition) is 3. The van der Waals surface area contributed by atoms with Crippen molar-refractivity contribution in [1.29, 1.82) is 0 Å². The van der Waals surface area contributed by atoms with Crippen molar-refractivity contribution in [1.82, 2.24) is 14.7 Å². The molecule has 0 radical (unpaired) electrons. The Hall–Kier alpha value is -0.870. The first kappa shape index (κ1) is 13.2. The van der Waals surface area contributed by atoms with Gasteiger partial charge in [0, 0.05) is 30.4 Å². The second-order valence-electron chi connectivity index (χ2n) is 4.86. The van der Waals surface area contributed by atoms with Gasteiger partial charge in [-0.05, 0) is 34.7 Å². The van der Waals surface area contributed by atoms with E-state index in [-0.39, 0.29) is 6.04 Å². The number of nitrogens with zero attached hydrogens (tertiary/aromatic N) is 3. The Morgan fingerprint density at radius 2 is 2.00 bits per heavy atom. The molecule has 1 aromatic rings. The molecule has 0 aliphatic heterocycles. The fourth-order valence-electron chi connectivity index (χ4n) is 1.70. The smallest absolute Gasteiger partial charge is 0.0538 e. The number of hydrogen-bond donors (Lipinski definition) is 1. The standard InChI is InChI=1S/C12H24N4/c1-9(2)15(5)12(6-13)11-7-14-16(8-11)10(3)4/h7-10,12H,6,13H2,1-5H3. The van der Waals surface area contributed by atoms with E-state index >= 15 is 0 Å².